The number of carbonyl (C=O) groups is 5. The van der Waals surface area contributed by atoms with E-state index < -0.39 is 47.8 Å². The summed E-state index contributed by atoms with van der Waals surface area (Å²) in [5, 5.41) is 20.8. The second-order valence-electron chi connectivity index (χ2n) is 12.9. The van der Waals surface area contributed by atoms with E-state index in [1.54, 1.807) is 26.0 Å². The first-order valence-electron chi connectivity index (χ1n) is 16.5. The topological polar surface area (TPSA) is 237 Å². The highest BCUT2D eigenvalue weighted by Crippen LogP contribution is 2.16. The molecule has 3 aromatic rings. The lowest BCUT2D eigenvalue weighted by Crippen LogP contribution is -2.60. The van der Waals surface area contributed by atoms with Gasteiger partial charge in [0.2, 0.25) is 29.5 Å². The van der Waals surface area contributed by atoms with Crippen LogP contribution in [0.2, 0.25) is 0 Å². The number of amides is 5. The van der Waals surface area contributed by atoms with Crippen LogP contribution in [0, 0.1) is 17.8 Å². The van der Waals surface area contributed by atoms with Gasteiger partial charge in [0.05, 0.1) is 12.7 Å². The fourth-order valence-corrected chi connectivity index (χ4v) is 5.36. The summed E-state index contributed by atoms with van der Waals surface area (Å²) >= 11 is 0. The van der Waals surface area contributed by atoms with Crippen molar-refractivity contribution < 1.29 is 29.1 Å². The van der Waals surface area contributed by atoms with Gasteiger partial charge in [0, 0.05) is 49.0 Å². The lowest BCUT2D eigenvalue weighted by molar-refractivity contribution is -0.135. The van der Waals surface area contributed by atoms with E-state index in [0.717, 1.165) is 0 Å². The summed E-state index contributed by atoms with van der Waals surface area (Å²) in [6.45, 7) is 9.46. The van der Waals surface area contributed by atoms with Gasteiger partial charge in [-0.1, -0.05) is 53.2 Å². The summed E-state index contributed by atoms with van der Waals surface area (Å²) in [7, 11) is 0. The Morgan fingerprint density at radius 1 is 0.735 bits per heavy atom. The number of nitrogens with zero attached hydrogens (tertiary/aromatic N) is 2. The van der Waals surface area contributed by atoms with Crippen LogP contribution in [0.4, 0.5) is 0 Å². The average molecular weight is 680 g/mol. The first-order chi connectivity index (χ1) is 23.3. The second kappa shape index (κ2) is 18.4. The lowest BCUT2D eigenvalue weighted by atomic mass is 9.95. The number of aromatic hydroxyl groups is 1. The normalized spacial score (nSPS) is 14.9. The molecule has 266 valence electrons. The van der Waals surface area contributed by atoms with E-state index in [1.165, 1.54) is 37.2 Å². The highest BCUT2D eigenvalue weighted by Gasteiger charge is 2.34. The third-order valence-electron chi connectivity index (χ3n) is 8.33. The molecule has 0 aliphatic heterocycles. The molecule has 0 aliphatic rings. The van der Waals surface area contributed by atoms with E-state index in [0.29, 0.717) is 29.8 Å². The number of rotatable bonds is 19. The van der Waals surface area contributed by atoms with Crippen molar-refractivity contribution in [3.8, 4) is 5.75 Å². The maximum absolute atomic E-state index is 13.9. The van der Waals surface area contributed by atoms with Crippen LogP contribution in [0.3, 0.4) is 0 Å². The van der Waals surface area contributed by atoms with Crippen molar-refractivity contribution in [2.75, 3.05) is 0 Å². The Labute approximate surface area is 286 Å². The summed E-state index contributed by atoms with van der Waals surface area (Å²) in [6.07, 6.45) is 7.18. The van der Waals surface area contributed by atoms with Gasteiger partial charge in [-0.3, -0.25) is 24.0 Å². The number of phenols is 1. The van der Waals surface area contributed by atoms with Crippen molar-refractivity contribution in [2.24, 2.45) is 23.5 Å². The molecule has 3 rings (SSSR count). The van der Waals surface area contributed by atoms with E-state index in [4.69, 9.17) is 5.73 Å². The van der Waals surface area contributed by atoms with E-state index in [9.17, 15) is 29.1 Å². The van der Waals surface area contributed by atoms with Crippen molar-refractivity contribution in [3.63, 3.8) is 0 Å². The van der Waals surface area contributed by atoms with Crippen LogP contribution in [0.1, 0.15) is 64.4 Å². The Balaban J connectivity index is 1.83. The van der Waals surface area contributed by atoms with Crippen LogP contribution in [0.25, 0.3) is 0 Å². The third-order valence-corrected chi connectivity index (χ3v) is 8.33. The second-order valence-corrected chi connectivity index (χ2v) is 12.9. The van der Waals surface area contributed by atoms with Gasteiger partial charge in [0.1, 0.15) is 29.9 Å². The summed E-state index contributed by atoms with van der Waals surface area (Å²) in [4.78, 5) is 80.5. The number of benzene rings is 1. The van der Waals surface area contributed by atoms with Gasteiger partial charge < -0.3 is 42.1 Å². The summed E-state index contributed by atoms with van der Waals surface area (Å²) in [6, 6.07) is 1.90. The van der Waals surface area contributed by atoms with Crippen LogP contribution in [0.15, 0.2) is 49.3 Å². The minimum Gasteiger partial charge on any atom is -0.508 e. The smallest absolute Gasteiger partial charge is 0.243 e. The third kappa shape index (κ3) is 12.1. The SMILES string of the molecule is CC[C@H](C)[C@@H](NC(=O)[C@@H](Cc1ccc(O)cc1)NC(=O)[C@H](C)CC(C)C)C(=O)N[C@H](Cc1cnc[nH]1)C(=O)N[C@H](Cc1cnc[nH]1)C(N)=O. The van der Waals surface area contributed by atoms with Gasteiger partial charge in [0.15, 0.2) is 0 Å². The van der Waals surface area contributed by atoms with Gasteiger partial charge in [-0.25, -0.2) is 9.97 Å². The zero-order valence-corrected chi connectivity index (χ0v) is 28.7. The molecule has 0 saturated carbocycles. The molecule has 0 aliphatic carbocycles. The maximum atomic E-state index is 13.9. The number of nitrogens with two attached hydrogens (primary N) is 1. The van der Waals surface area contributed by atoms with Crippen LogP contribution in [-0.2, 0) is 43.2 Å². The van der Waals surface area contributed by atoms with E-state index >= 15 is 0 Å². The predicted octanol–water partition coefficient (Wildman–Crippen LogP) is 1.02. The number of primary amides is 1. The number of hydrogen-bond donors (Lipinski definition) is 8. The molecule has 0 fully saturated rings. The molecular formula is C34H49N9O6. The molecule has 15 nitrogen and oxygen atoms in total. The van der Waals surface area contributed by atoms with Gasteiger partial charge in [-0.05, 0) is 36.0 Å². The van der Waals surface area contributed by atoms with Crippen LogP contribution >= 0.6 is 0 Å². The average Bonchev–Trinajstić information content (AvgIpc) is 3.77. The van der Waals surface area contributed by atoms with Crippen LogP contribution in [-0.4, -0.2) is 78.7 Å². The minimum absolute atomic E-state index is 0.00155. The molecule has 9 N–H and O–H groups in total. The number of aromatic amines is 2. The Kier molecular flexibility index (Phi) is 14.3. The summed E-state index contributed by atoms with van der Waals surface area (Å²) in [5.41, 5.74) is 7.39. The van der Waals surface area contributed by atoms with Crippen LogP contribution in [0.5, 0.6) is 5.75 Å². The van der Waals surface area contributed by atoms with Gasteiger partial charge in [0.25, 0.3) is 0 Å². The maximum Gasteiger partial charge on any atom is 0.243 e. The minimum atomic E-state index is -1.18. The van der Waals surface area contributed by atoms with E-state index in [-0.39, 0.29) is 48.7 Å². The number of H-pyrrole nitrogens is 2. The van der Waals surface area contributed by atoms with Crippen LogP contribution < -0.4 is 27.0 Å². The van der Waals surface area contributed by atoms with Crippen molar-refractivity contribution in [2.45, 2.75) is 90.9 Å². The molecule has 0 unspecified atom stereocenters. The monoisotopic (exact) mass is 679 g/mol. The zero-order chi connectivity index (χ0) is 36.1. The molecular weight excluding hydrogens is 630 g/mol. The number of aromatic nitrogens is 4. The van der Waals surface area contributed by atoms with Gasteiger partial charge in [-0.2, -0.15) is 0 Å². The first-order valence-corrected chi connectivity index (χ1v) is 16.5. The largest absolute Gasteiger partial charge is 0.508 e. The molecule has 0 bridgehead atoms. The Bertz CT molecular complexity index is 1510. The number of imidazole rings is 2. The number of carbonyl (C=O) groups excluding carboxylic acids is 5. The fourth-order valence-electron chi connectivity index (χ4n) is 5.36. The molecule has 1 aromatic carbocycles. The standard InChI is InChI=1S/C34H49N9O6/c1-6-20(4)29(43-33(48)27(12-22-7-9-25(44)10-8-22)41-31(46)21(5)11-19(2)3)34(49)42-28(14-24-16-37-18-39-24)32(47)40-26(30(35)45)13-23-15-36-17-38-23/h7-10,15-21,26-29,44H,6,11-14H2,1-5H3,(H2,35,45)(H,36,38)(H,37,39)(H,40,47)(H,41,46)(H,42,49)(H,43,48)/t20-,21+,26+,27+,28+,29+/m0/s1. The highest BCUT2D eigenvalue weighted by atomic mass is 16.3. The molecule has 2 heterocycles. The molecule has 49 heavy (non-hydrogen) atoms. The van der Waals surface area contributed by atoms with Crippen molar-refractivity contribution in [3.05, 3.63) is 66.3 Å². The Morgan fingerprint density at radius 2 is 1.24 bits per heavy atom. The quantitative estimate of drug-likeness (QED) is 0.0908. The predicted molar refractivity (Wildman–Crippen MR) is 181 cm³/mol. The molecule has 5 amide bonds. The number of hydrogen-bond acceptors (Lipinski definition) is 8. The Hall–Kier alpha value is -5.21. The van der Waals surface area contributed by atoms with Gasteiger partial charge >= 0.3 is 0 Å². The number of phenolic OH excluding ortho intramolecular Hbond substituents is 1. The van der Waals surface area contributed by atoms with E-state index in [2.05, 4.69) is 41.2 Å². The highest BCUT2D eigenvalue weighted by molar-refractivity contribution is 5.95. The summed E-state index contributed by atoms with van der Waals surface area (Å²) in [5.74, 6) is -3.36. The molecule has 0 spiro atoms. The first kappa shape index (κ1) is 38.2. The molecule has 0 radical (unpaired) electrons. The van der Waals surface area contributed by atoms with Crippen molar-refractivity contribution in [1.29, 1.82) is 0 Å². The lowest BCUT2D eigenvalue weighted by Gasteiger charge is -2.29. The van der Waals surface area contributed by atoms with Crippen molar-refractivity contribution in [1.82, 2.24) is 41.2 Å². The molecule has 0 saturated heterocycles. The number of nitrogens with one attached hydrogen (secondary N) is 6. The molecule has 2 aromatic heterocycles. The fraction of sp³-hybridized carbons (Fsp3) is 0.500. The van der Waals surface area contributed by atoms with E-state index in [1.807, 2.05) is 20.8 Å². The van der Waals surface area contributed by atoms with Crippen molar-refractivity contribution >= 4 is 29.5 Å². The van der Waals surface area contributed by atoms with Gasteiger partial charge in [-0.15, -0.1) is 0 Å². The Morgan fingerprint density at radius 3 is 1.76 bits per heavy atom. The summed E-state index contributed by atoms with van der Waals surface area (Å²) < 4.78 is 0. The zero-order valence-electron chi connectivity index (χ0n) is 28.7. The molecule has 15 heteroatoms. The molecule has 6 atom stereocenters.